The number of fused-ring (bicyclic) bond motifs is 1. The molecule has 19 heavy (non-hydrogen) atoms. The zero-order valence-corrected chi connectivity index (χ0v) is 10.8. The maximum atomic E-state index is 5.74. The van der Waals surface area contributed by atoms with Crippen LogP contribution in [0.15, 0.2) is 59.2 Å². The molecule has 1 aromatic heterocycles. The number of furan rings is 1. The van der Waals surface area contributed by atoms with E-state index in [1.54, 1.807) is 0 Å². The van der Waals surface area contributed by atoms with E-state index in [0.29, 0.717) is 0 Å². The Bertz CT molecular complexity index is 685. The molecule has 0 bridgehead atoms. The lowest BCUT2D eigenvalue weighted by atomic mass is 9.98. The second-order valence-electron chi connectivity index (χ2n) is 4.58. The Hall–Kier alpha value is -2.26. The van der Waals surface area contributed by atoms with Gasteiger partial charge in [0, 0.05) is 16.6 Å². The van der Waals surface area contributed by atoms with Gasteiger partial charge in [0.25, 0.3) is 0 Å². The normalized spacial score (nSPS) is 12.7. The van der Waals surface area contributed by atoms with Crippen molar-refractivity contribution in [3.8, 4) is 0 Å². The van der Waals surface area contributed by atoms with Crippen LogP contribution in [0.5, 0.6) is 0 Å². The summed E-state index contributed by atoms with van der Waals surface area (Å²) in [5, 5.41) is 4.47. The minimum absolute atomic E-state index is 0.101. The Morgan fingerprint density at radius 3 is 2.53 bits per heavy atom. The molecule has 1 heterocycles. The summed E-state index contributed by atoms with van der Waals surface area (Å²) in [6, 6.07) is 16.1. The summed E-state index contributed by atoms with van der Waals surface area (Å²) in [7, 11) is 1.95. The van der Waals surface area contributed by atoms with E-state index >= 15 is 0 Å². The molecule has 0 fully saturated rings. The van der Waals surface area contributed by atoms with Crippen molar-refractivity contribution in [3.63, 3.8) is 0 Å². The average Bonchev–Trinajstić information content (AvgIpc) is 2.86. The average molecular weight is 252 g/mol. The number of anilines is 1. The van der Waals surface area contributed by atoms with E-state index in [4.69, 9.17) is 10.2 Å². The van der Waals surface area contributed by atoms with Gasteiger partial charge < -0.3 is 15.5 Å². The van der Waals surface area contributed by atoms with Crippen molar-refractivity contribution in [1.82, 2.24) is 5.32 Å². The van der Waals surface area contributed by atoms with E-state index in [-0.39, 0.29) is 6.04 Å². The number of hydrogen-bond acceptors (Lipinski definition) is 3. The summed E-state index contributed by atoms with van der Waals surface area (Å²) in [5.74, 6) is 0. The number of hydrogen-bond donors (Lipinski definition) is 2. The zero-order valence-electron chi connectivity index (χ0n) is 10.8. The van der Waals surface area contributed by atoms with Crippen LogP contribution in [0.3, 0.4) is 0 Å². The lowest BCUT2D eigenvalue weighted by Gasteiger charge is -2.15. The van der Waals surface area contributed by atoms with Crippen LogP contribution in [-0.4, -0.2) is 7.05 Å². The Balaban J connectivity index is 2.09. The molecule has 3 rings (SSSR count). The highest BCUT2D eigenvalue weighted by atomic mass is 16.3. The maximum absolute atomic E-state index is 5.74. The highest BCUT2D eigenvalue weighted by molar-refractivity contribution is 5.82. The molecule has 96 valence electrons. The predicted molar refractivity (Wildman–Crippen MR) is 78.0 cm³/mol. The number of benzene rings is 2. The molecule has 2 aromatic carbocycles. The van der Waals surface area contributed by atoms with Crippen molar-refractivity contribution in [2.45, 2.75) is 6.04 Å². The third-order valence-electron chi connectivity index (χ3n) is 3.38. The van der Waals surface area contributed by atoms with Crippen molar-refractivity contribution in [1.29, 1.82) is 0 Å². The van der Waals surface area contributed by atoms with Gasteiger partial charge in [-0.2, -0.15) is 0 Å². The zero-order chi connectivity index (χ0) is 13.2. The quantitative estimate of drug-likeness (QED) is 0.703. The maximum Gasteiger partial charge on any atom is 0.134 e. The fourth-order valence-electron chi connectivity index (χ4n) is 2.41. The number of para-hydroxylation sites is 1. The third-order valence-corrected chi connectivity index (χ3v) is 3.38. The van der Waals surface area contributed by atoms with Gasteiger partial charge in [0.05, 0.1) is 12.3 Å². The summed E-state index contributed by atoms with van der Waals surface area (Å²) in [4.78, 5) is 0. The standard InChI is InChI=1S/C16H16N2O/c1-18-16(11-6-8-12(17)9-7-11)14-10-19-15-5-3-2-4-13(14)15/h2-10,16,18H,17H2,1H3. The van der Waals surface area contributed by atoms with Gasteiger partial charge in [0.15, 0.2) is 0 Å². The molecule has 0 radical (unpaired) electrons. The molecule has 1 atom stereocenters. The van der Waals surface area contributed by atoms with Crippen LogP contribution in [0.2, 0.25) is 0 Å². The topological polar surface area (TPSA) is 51.2 Å². The molecule has 0 aliphatic rings. The van der Waals surface area contributed by atoms with Crippen LogP contribution in [0, 0.1) is 0 Å². The fourth-order valence-corrected chi connectivity index (χ4v) is 2.41. The van der Waals surface area contributed by atoms with Crippen molar-refractivity contribution in [3.05, 3.63) is 65.9 Å². The van der Waals surface area contributed by atoms with Gasteiger partial charge in [0.2, 0.25) is 0 Å². The van der Waals surface area contributed by atoms with Crippen LogP contribution in [0.4, 0.5) is 5.69 Å². The first-order valence-corrected chi connectivity index (χ1v) is 6.28. The van der Waals surface area contributed by atoms with Gasteiger partial charge in [-0.25, -0.2) is 0 Å². The molecule has 3 nitrogen and oxygen atoms in total. The first kappa shape index (κ1) is 11.8. The predicted octanol–water partition coefficient (Wildman–Crippen LogP) is 3.32. The second kappa shape index (κ2) is 4.78. The Labute approximate surface area is 112 Å². The molecule has 0 saturated carbocycles. The van der Waals surface area contributed by atoms with E-state index in [1.165, 1.54) is 5.56 Å². The van der Waals surface area contributed by atoms with E-state index in [0.717, 1.165) is 22.2 Å². The van der Waals surface area contributed by atoms with Crippen LogP contribution in [0.25, 0.3) is 11.0 Å². The van der Waals surface area contributed by atoms with Gasteiger partial charge >= 0.3 is 0 Å². The highest BCUT2D eigenvalue weighted by Gasteiger charge is 2.16. The monoisotopic (exact) mass is 252 g/mol. The molecule has 1 unspecified atom stereocenters. The molecule has 0 aliphatic heterocycles. The van der Waals surface area contributed by atoms with Gasteiger partial charge in [0.1, 0.15) is 5.58 Å². The molecule has 0 amide bonds. The van der Waals surface area contributed by atoms with Gasteiger partial charge in [-0.1, -0.05) is 30.3 Å². The second-order valence-corrected chi connectivity index (χ2v) is 4.58. The van der Waals surface area contributed by atoms with E-state index in [1.807, 2.05) is 55.8 Å². The van der Waals surface area contributed by atoms with Crippen LogP contribution in [-0.2, 0) is 0 Å². The van der Waals surface area contributed by atoms with Crippen molar-refractivity contribution in [2.75, 3.05) is 12.8 Å². The third kappa shape index (κ3) is 2.09. The molecule has 3 aromatic rings. The summed E-state index contributed by atoms with van der Waals surface area (Å²) in [6.45, 7) is 0. The Kier molecular flexibility index (Phi) is 2.97. The van der Waals surface area contributed by atoms with Gasteiger partial charge in [-0.15, -0.1) is 0 Å². The first-order chi connectivity index (χ1) is 9.29. The Morgan fingerprint density at radius 2 is 1.79 bits per heavy atom. The molecule has 0 aliphatic carbocycles. The summed E-state index contributed by atoms with van der Waals surface area (Å²) in [5.41, 5.74) is 9.73. The summed E-state index contributed by atoms with van der Waals surface area (Å²) >= 11 is 0. The summed E-state index contributed by atoms with van der Waals surface area (Å²) < 4.78 is 5.61. The highest BCUT2D eigenvalue weighted by Crippen LogP contribution is 2.30. The SMILES string of the molecule is CNC(c1ccc(N)cc1)c1coc2ccccc12. The van der Waals surface area contributed by atoms with E-state index < -0.39 is 0 Å². The van der Waals surface area contributed by atoms with Crippen LogP contribution in [0.1, 0.15) is 17.2 Å². The molecular weight excluding hydrogens is 236 g/mol. The molecule has 0 saturated heterocycles. The Morgan fingerprint density at radius 1 is 1.05 bits per heavy atom. The van der Waals surface area contributed by atoms with Gasteiger partial charge in [-0.3, -0.25) is 0 Å². The first-order valence-electron chi connectivity index (χ1n) is 6.28. The number of nitrogens with two attached hydrogens (primary N) is 1. The lowest BCUT2D eigenvalue weighted by molar-refractivity contribution is 0.597. The number of nitrogen functional groups attached to an aromatic ring is 1. The minimum atomic E-state index is 0.101. The molecule has 0 spiro atoms. The largest absolute Gasteiger partial charge is 0.464 e. The van der Waals surface area contributed by atoms with E-state index in [9.17, 15) is 0 Å². The van der Waals surface area contributed by atoms with Crippen LogP contribution >= 0.6 is 0 Å². The smallest absolute Gasteiger partial charge is 0.134 e. The summed E-state index contributed by atoms with van der Waals surface area (Å²) in [6.07, 6.45) is 1.82. The number of rotatable bonds is 3. The molecule has 3 N–H and O–H groups in total. The number of nitrogens with one attached hydrogen (secondary N) is 1. The van der Waals surface area contributed by atoms with Crippen LogP contribution < -0.4 is 11.1 Å². The molecule has 3 heteroatoms. The lowest BCUT2D eigenvalue weighted by Crippen LogP contribution is -2.17. The van der Waals surface area contributed by atoms with Gasteiger partial charge in [-0.05, 0) is 30.8 Å². The van der Waals surface area contributed by atoms with E-state index in [2.05, 4.69) is 11.4 Å². The minimum Gasteiger partial charge on any atom is -0.464 e. The fraction of sp³-hybridized carbons (Fsp3) is 0.125. The van der Waals surface area contributed by atoms with Crippen molar-refractivity contribution in [2.24, 2.45) is 0 Å². The molecular formula is C16H16N2O. The van der Waals surface area contributed by atoms with Crippen molar-refractivity contribution < 1.29 is 4.42 Å². The van der Waals surface area contributed by atoms with Crippen molar-refractivity contribution >= 4 is 16.7 Å².